The van der Waals surface area contributed by atoms with Gasteiger partial charge in [0.05, 0.1) is 0 Å². The molecule has 2 saturated carbocycles. The van der Waals surface area contributed by atoms with Gasteiger partial charge in [0.1, 0.15) is 5.60 Å². The average Bonchev–Trinajstić information content (AvgIpc) is 2.90. The molecule has 4 heteroatoms. The molecule has 0 bridgehead atoms. The van der Waals surface area contributed by atoms with Crippen LogP contribution in [0.4, 0.5) is 4.79 Å². The van der Waals surface area contributed by atoms with Gasteiger partial charge in [-0.05, 0) is 72.1 Å². The van der Waals surface area contributed by atoms with Gasteiger partial charge in [0, 0.05) is 18.1 Å². The molecule has 1 amide bonds. The number of carbonyl (C=O) groups excluding carboxylic acids is 1. The second-order valence-corrected chi connectivity index (χ2v) is 8.21. The summed E-state index contributed by atoms with van der Waals surface area (Å²) in [5.74, 6) is 0.846. The van der Waals surface area contributed by atoms with Crippen LogP contribution in [0.2, 0.25) is 0 Å². The summed E-state index contributed by atoms with van der Waals surface area (Å²) in [5.41, 5.74) is -0.423. The van der Waals surface area contributed by atoms with Crippen LogP contribution in [0, 0.1) is 5.92 Å². The van der Waals surface area contributed by atoms with Gasteiger partial charge >= 0.3 is 6.09 Å². The zero-order valence-corrected chi connectivity index (χ0v) is 14.8. The SMILES string of the molecule is C[C@@H](NC1CCCC(NC(=O)OC(C)(C)C)C1)C1CCCC1. The van der Waals surface area contributed by atoms with Gasteiger partial charge in [-0.15, -0.1) is 0 Å². The quantitative estimate of drug-likeness (QED) is 0.825. The molecular weight excluding hydrogens is 276 g/mol. The van der Waals surface area contributed by atoms with Crippen LogP contribution in [-0.2, 0) is 4.74 Å². The summed E-state index contributed by atoms with van der Waals surface area (Å²) in [6.07, 6.45) is 9.75. The van der Waals surface area contributed by atoms with Gasteiger partial charge in [0.15, 0.2) is 0 Å². The molecule has 128 valence electrons. The molecule has 0 aromatic rings. The Morgan fingerprint density at radius 2 is 1.68 bits per heavy atom. The second kappa shape index (κ2) is 7.67. The third kappa shape index (κ3) is 5.79. The lowest BCUT2D eigenvalue weighted by molar-refractivity contribution is 0.0487. The molecule has 2 N–H and O–H groups in total. The number of alkyl carbamates (subject to hydrolysis) is 1. The van der Waals surface area contributed by atoms with E-state index in [1.807, 2.05) is 20.8 Å². The maximum atomic E-state index is 11.9. The minimum absolute atomic E-state index is 0.247. The molecule has 0 aromatic carbocycles. The lowest BCUT2D eigenvalue weighted by Crippen LogP contribution is -2.48. The molecule has 3 atom stereocenters. The van der Waals surface area contributed by atoms with Crippen LogP contribution in [0.1, 0.15) is 79.1 Å². The minimum atomic E-state index is -0.423. The predicted molar refractivity (Wildman–Crippen MR) is 90.0 cm³/mol. The molecule has 0 aliphatic heterocycles. The van der Waals surface area contributed by atoms with Crippen molar-refractivity contribution in [3.05, 3.63) is 0 Å². The highest BCUT2D eigenvalue weighted by molar-refractivity contribution is 5.68. The number of hydrogen-bond donors (Lipinski definition) is 2. The Morgan fingerprint density at radius 1 is 1.05 bits per heavy atom. The summed E-state index contributed by atoms with van der Waals surface area (Å²) < 4.78 is 5.37. The maximum Gasteiger partial charge on any atom is 0.407 e. The molecule has 0 radical (unpaired) electrons. The average molecular weight is 310 g/mol. The van der Waals surface area contributed by atoms with Gasteiger partial charge in [-0.2, -0.15) is 0 Å². The molecule has 0 saturated heterocycles. The number of carbonyl (C=O) groups is 1. The van der Waals surface area contributed by atoms with Gasteiger partial charge in [-0.1, -0.05) is 12.8 Å². The van der Waals surface area contributed by atoms with E-state index in [2.05, 4.69) is 17.6 Å². The summed E-state index contributed by atoms with van der Waals surface area (Å²) in [4.78, 5) is 11.9. The topological polar surface area (TPSA) is 50.4 Å². The highest BCUT2D eigenvalue weighted by atomic mass is 16.6. The van der Waals surface area contributed by atoms with E-state index in [-0.39, 0.29) is 12.1 Å². The van der Waals surface area contributed by atoms with E-state index in [1.165, 1.54) is 38.5 Å². The zero-order valence-electron chi connectivity index (χ0n) is 14.8. The van der Waals surface area contributed by atoms with Crippen molar-refractivity contribution in [1.29, 1.82) is 0 Å². The molecule has 0 spiro atoms. The lowest BCUT2D eigenvalue weighted by atomic mass is 9.89. The Labute approximate surface area is 135 Å². The Hall–Kier alpha value is -0.770. The van der Waals surface area contributed by atoms with Crippen molar-refractivity contribution in [2.45, 2.75) is 103 Å². The standard InChI is InChI=1S/C18H34N2O2/c1-13(14-8-5-6-9-14)19-15-10-7-11-16(12-15)20-17(21)22-18(2,3)4/h13-16,19H,5-12H2,1-4H3,(H,20,21)/t13-,15?,16?/m1/s1. The number of hydrogen-bond acceptors (Lipinski definition) is 3. The first-order valence-electron chi connectivity index (χ1n) is 9.09. The molecule has 2 aliphatic carbocycles. The van der Waals surface area contributed by atoms with Crippen LogP contribution in [0.25, 0.3) is 0 Å². The van der Waals surface area contributed by atoms with Crippen molar-refractivity contribution < 1.29 is 9.53 Å². The van der Waals surface area contributed by atoms with E-state index in [4.69, 9.17) is 4.74 Å². The molecule has 0 heterocycles. The number of amides is 1. The lowest BCUT2D eigenvalue weighted by Gasteiger charge is -2.34. The molecule has 4 nitrogen and oxygen atoms in total. The van der Waals surface area contributed by atoms with E-state index in [0.717, 1.165) is 18.8 Å². The summed E-state index contributed by atoms with van der Waals surface area (Å²) in [5, 5.41) is 6.87. The second-order valence-electron chi connectivity index (χ2n) is 8.21. The summed E-state index contributed by atoms with van der Waals surface area (Å²) in [7, 11) is 0. The largest absolute Gasteiger partial charge is 0.444 e. The fraction of sp³-hybridized carbons (Fsp3) is 0.944. The maximum absolute atomic E-state index is 11.9. The van der Waals surface area contributed by atoms with Crippen molar-refractivity contribution in [3.8, 4) is 0 Å². The fourth-order valence-electron chi connectivity index (χ4n) is 3.91. The monoisotopic (exact) mass is 310 g/mol. The van der Waals surface area contributed by atoms with E-state index in [9.17, 15) is 4.79 Å². The van der Waals surface area contributed by atoms with Gasteiger partial charge in [0.2, 0.25) is 0 Å². The van der Waals surface area contributed by atoms with Crippen LogP contribution >= 0.6 is 0 Å². The van der Waals surface area contributed by atoms with Crippen molar-refractivity contribution in [3.63, 3.8) is 0 Å². The van der Waals surface area contributed by atoms with Crippen LogP contribution in [0.15, 0.2) is 0 Å². The normalized spacial score (nSPS) is 28.4. The number of nitrogens with one attached hydrogen (secondary N) is 2. The van der Waals surface area contributed by atoms with Crippen LogP contribution in [0.5, 0.6) is 0 Å². The van der Waals surface area contributed by atoms with Crippen molar-refractivity contribution in [2.24, 2.45) is 5.92 Å². The molecule has 0 aromatic heterocycles. The Kier molecular flexibility index (Phi) is 6.13. The molecule has 2 aliphatic rings. The minimum Gasteiger partial charge on any atom is -0.444 e. The molecular formula is C18H34N2O2. The Morgan fingerprint density at radius 3 is 2.32 bits per heavy atom. The molecule has 2 fully saturated rings. The highest BCUT2D eigenvalue weighted by Crippen LogP contribution is 2.29. The third-order valence-corrected chi connectivity index (χ3v) is 5.00. The van der Waals surface area contributed by atoms with Crippen molar-refractivity contribution >= 4 is 6.09 Å². The van der Waals surface area contributed by atoms with E-state index in [0.29, 0.717) is 12.1 Å². The zero-order chi connectivity index (χ0) is 16.2. The number of rotatable bonds is 4. The Balaban J connectivity index is 1.75. The molecule has 2 unspecified atom stereocenters. The van der Waals surface area contributed by atoms with Gasteiger partial charge in [0.25, 0.3) is 0 Å². The Bertz CT molecular complexity index is 359. The molecule has 22 heavy (non-hydrogen) atoms. The number of ether oxygens (including phenoxy) is 1. The first-order chi connectivity index (χ1) is 10.3. The summed E-state index contributed by atoms with van der Waals surface area (Å²) in [6, 6.07) is 1.38. The fourth-order valence-corrected chi connectivity index (χ4v) is 3.91. The smallest absolute Gasteiger partial charge is 0.407 e. The van der Waals surface area contributed by atoms with Gasteiger partial charge < -0.3 is 15.4 Å². The van der Waals surface area contributed by atoms with Gasteiger partial charge in [-0.3, -0.25) is 0 Å². The predicted octanol–water partition coefficient (Wildman–Crippen LogP) is 3.99. The van der Waals surface area contributed by atoms with Crippen LogP contribution in [0.3, 0.4) is 0 Å². The first-order valence-corrected chi connectivity index (χ1v) is 9.09. The van der Waals surface area contributed by atoms with Crippen LogP contribution < -0.4 is 10.6 Å². The highest BCUT2D eigenvalue weighted by Gasteiger charge is 2.28. The van der Waals surface area contributed by atoms with Crippen molar-refractivity contribution in [1.82, 2.24) is 10.6 Å². The van der Waals surface area contributed by atoms with Crippen LogP contribution in [-0.4, -0.2) is 29.8 Å². The van der Waals surface area contributed by atoms with E-state index in [1.54, 1.807) is 0 Å². The van der Waals surface area contributed by atoms with Crippen molar-refractivity contribution in [2.75, 3.05) is 0 Å². The van der Waals surface area contributed by atoms with E-state index >= 15 is 0 Å². The first kappa shape index (κ1) is 17.6. The molecule has 2 rings (SSSR count). The van der Waals surface area contributed by atoms with E-state index < -0.39 is 5.60 Å². The van der Waals surface area contributed by atoms with Gasteiger partial charge in [-0.25, -0.2) is 4.79 Å². The summed E-state index contributed by atoms with van der Waals surface area (Å²) in [6.45, 7) is 8.05. The third-order valence-electron chi connectivity index (χ3n) is 5.00. The summed E-state index contributed by atoms with van der Waals surface area (Å²) >= 11 is 0.